The van der Waals surface area contributed by atoms with Crippen LogP contribution in [-0.2, 0) is 4.74 Å². The van der Waals surface area contributed by atoms with E-state index in [-0.39, 0.29) is 0 Å². The molecule has 0 amide bonds. The number of hydrogen-bond donors (Lipinski definition) is 1. The lowest BCUT2D eigenvalue weighted by Gasteiger charge is -2.29. The number of quaternary nitrogens is 1. The monoisotopic (exact) mass is 224 g/mol. The van der Waals surface area contributed by atoms with Crippen molar-refractivity contribution in [3.8, 4) is 0 Å². The van der Waals surface area contributed by atoms with Gasteiger partial charge in [0.2, 0.25) is 0 Å². The van der Waals surface area contributed by atoms with E-state index in [1.165, 1.54) is 0 Å². The molecule has 0 saturated carbocycles. The Balaban J connectivity index is 1.97. The molecule has 1 atom stereocenters. The maximum absolute atomic E-state index is 6.01. The van der Waals surface area contributed by atoms with Gasteiger partial charge in [-0.3, -0.25) is 4.48 Å². The molecule has 2 aliphatic heterocycles. The maximum Gasteiger partial charge on any atom is 0.149 e. The lowest BCUT2D eigenvalue weighted by atomic mass is 10.2. The van der Waals surface area contributed by atoms with Crippen LogP contribution in [0, 0.1) is 0 Å². The van der Waals surface area contributed by atoms with Crippen molar-refractivity contribution in [2.24, 2.45) is 5.73 Å². The van der Waals surface area contributed by atoms with E-state index in [2.05, 4.69) is 32.1 Å². The smallest absolute Gasteiger partial charge is 0.149 e. The topological polar surface area (TPSA) is 38.5 Å². The van der Waals surface area contributed by atoms with Gasteiger partial charge in [0.1, 0.15) is 30.3 Å². The summed E-state index contributed by atoms with van der Waals surface area (Å²) in [5, 5.41) is 0. The molecular weight excluding hydrogens is 202 g/mol. The first-order valence-electron chi connectivity index (χ1n) is 5.83. The van der Waals surface area contributed by atoms with Crippen LogP contribution in [0.4, 0.5) is 0 Å². The number of nitrogens with zero attached hydrogens (tertiary/aromatic N) is 2. The summed E-state index contributed by atoms with van der Waals surface area (Å²) < 4.78 is 6.74. The van der Waals surface area contributed by atoms with Crippen molar-refractivity contribution in [1.82, 2.24) is 4.90 Å². The Morgan fingerprint density at radius 3 is 2.81 bits per heavy atom. The fraction of sp³-hybridized carbons (Fsp3) is 0.667. The van der Waals surface area contributed by atoms with Gasteiger partial charge >= 0.3 is 0 Å². The Bertz CT molecular complexity index is 333. The molecule has 2 rings (SSSR count). The molecule has 1 unspecified atom stereocenters. The Morgan fingerprint density at radius 2 is 2.25 bits per heavy atom. The summed E-state index contributed by atoms with van der Waals surface area (Å²) in [5.41, 5.74) is 6.78. The second-order valence-electron chi connectivity index (χ2n) is 5.40. The molecule has 4 nitrogen and oxygen atoms in total. The fourth-order valence-electron chi connectivity index (χ4n) is 2.22. The van der Waals surface area contributed by atoms with Crippen molar-refractivity contribution in [3.63, 3.8) is 0 Å². The highest BCUT2D eigenvalue weighted by Gasteiger charge is 2.26. The molecule has 2 N–H and O–H groups in total. The van der Waals surface area contributed by atoms with E-state index in [0.717, 1.165) is 42.0 Å². The Hall–Kier alpha value is -1.00. The standard InChI is InChI=1S/C12H22N3O/c1-14-6-4-10(8-14)16-12-5-7-15(2,3)9-11(12)13/h5,9-10H,4,6-8,13H2,1-3H3/q+1. The van der Waals surface area contributed by atoms with Crippen molar-refractivity contribution >= 4 is 0 Å². The maximum atomic E-state index is 6.01. The van der Waals surface area contributed by atoms with Crippen LogP contribution in [0.3, 0.4) is 0 Å². The van der Waals surface area contributed by atoms with E-state index in [0.29, 0.717) is 6.10 Å². The van der Waals surface area contributed by atoms with Crippen LogP contribution < -0.4 is 5.73 Å². The predicted molar refractivity (Wildman–Crippen MR) is 64.3 cm³/mol. The number of nitrogens with two attached hydrogens (primary N) is 1. The minimum Gasteiger partial charge on any atom is -0.487 e. The third kappa shape index (κ3) is 2.57. The zero-order valence-corrected chi connectivity index (χ0v) is 10.4. The highest BCUT2D eigenvalue weighted by atomic mass is 16.5. The van der Waals surface area contributed by atoms with Crippen LogP contribution in [0.1, 0.15) is 6.42 Å². The molecule has 0 aromatic heterocycles. The Morgan fingerprint density at radius 1 is 1.50 bits per heavy atom. The number of ether oxygens (including phenoxy) is 1. The highest BCUT2D eigenvalue weighted by Crippen LogP contribution is 2.21. The summed E-state index contributed by atoms with van der Waals surface area (Å²) in [6.07, 6.45) is 5.55. The molecule has 0 bridgehead atoms. The van der Waals surface area contributed by atoms with Crippen molar-refractivity contribution < 1.29 is 9.22 Å². The number of rotatable bonds is 2. The zero-order chi connectivity index (χ0) is 11.8. The SMILES string of the molecule is CN1CCC(OC2=CC[N+](C)(C)C=C2N)C1. The first kappa shape index (κ1) is 11.5. The summed E-state index contributed by atoms with van der Waals surface area (Å²) in [5.74, 6) is 0.873. The summed E-state index contributed by atoms with van der Waals surface area (Å²) in [7, 11) is 6.38. The minimum absolute atomic E-state index is 0.303. The highest BCUT2D eigenvalue weighted by molar-refractivity contribution is 5.23. The van der Waals surface area contributed by atoms with Crippen LogP contribution in [0.15, 0.2) is 23.7 Å². The zero-order valence-electron chi connectivity index (χ0n) is 10.4. The largest absolute Gasteiger partial charge is 0.487 e. The quantitative estimate of drug-likeness (QED) is 0.693. The van der Waals surface area contributed by atoms with Crippen LogP contribution in [0.5, 0.6) is 0 Å². The molecule has 4 heteroatoms. The molecule has 16 heavy (non-hydrogen) atoms. The minimum atomic E-state index is 0.303. The number of likely N-dealkylation sites (N-methyl/N-ethyl adjacent to an activating group) is 2. The van der Waals surface area contributed by atoms with E-state index < -0.39 is 0 Å². The first-order chi connectivity index (χ1) is 7.46. The second kappa shape index (κ2) is 4.11. The van der Waals surface area contributed by atoms with Gasteiger partial charge in [0.05, 0.1) is 14.1 Å². The van der Waals surface area contributed by atoms with E-state index in [9.17, 15) is 0 Å². The molecule has 0 radical (unpaired) electrons. The van der Waals surface area contributed by atoms with Crippen molar-refractivity contribution in [2.45, 2.75) is 12.5 Å². The predicted octanol–water partition coefficient (Wildman–Crippen LogP) is 0.481. The van der Waals surface area contributed by atoms with E-state index in [4.69, 9.17) is 10.5 Å². The Labute approximate surface area is 97.5 Å². The molecule has 1 fully saturated rings. The first-order valence-corrected chi connectivity index (χ1v) is 5.83. The van der Waals surface area contributed by atoms with Gasteiger partial charge in [-0.15, -0.1) is 0 Å². The fourth-order valence-corrected chi connectivity index (χ4v) is 2.22. The van der Waals surface area contributed by atoms with Gasteiger partial charge in [-0.25, -0.2) is 0 Å². The summed E-state index contributed by atoms with van der Waals surface area (Å²) in [6, 6.07) is 0. The lowest BCUT2D eigenvalue weighted by molar-refractivity contribution is -0.834. The van der Waals surface area contributed by atoms with Gasteiger partial charge in [0.15, 0.2) is 0 Å². The molecule has 1 saturated heterocycles. The molecular formula is C12H22N3O+. The van der Waals surface area contributed by atoms with Gasteiger partial charge in [-0.2, -0.15) is 0 Å². The lowest BCUT2D eigenvalue weighted by Crippen LogP contribution is -2.38. The van der Waals surface area contributed by atoms with Gasteiger partial charge in [0.25, 0.3) is 0 Å². The van der Waals surface area contributed by atoms with Crippen LogP contribution >= 0.6 is 0 Å². The van der Waals surface area contributed by atoms with Crippen LogP contribution in [0.25, 0.3) is 0 Å². The van der Waals surface area contributed by atoms with E-state index in [1.807, 2.05) is 6.20 Å². The summed E-state index contributed by atoms with van der Waals surface area (Å²) in [6.45, 7) is 3.06. The van der Waals surface area contributed by atoms with E-state index >= 15 is 0 Å². The third-order valence-corrected chi connectivity index (χ3v) is 3.16. The molecule has 0 aromatic rings. The Kier molecular flexibility index (Phi) is 2.95. The molecule has 2 aliphatic rings. The van der Waals surface area contributed by atoms with Gasteiger partial charge < -0.3 is 15.4 Å². The van der Waals surface area contributed by atoms with Crippen LogP contribution in [-0.4, -0.2) is 56.3 Å². The van der Waals surface area contributed by atoms with Gasteiger partial charge in [-0.05, 0) is 13.5 Å². The molecule has 2 heterocycles. The molecule has 0 spiro atoms. The average Bonchev–Trinajstić information content (AvgIpc) is 2.56. The number of likely N-dealkylation sites (tertiary alicyclic amines) is 1. The number of hydrogen-bond acceptors (Lipinski definition) is 3. The van der Waals surface area contributed by atoms with Crippen molar-refractivity contribution in [1.29, 1.82) is 0 Å². The summed E-state index contributed by atoms with van der Waals surface area (Å²) in [4.78, 5) is 2.29. The second-order valence-corrected chi connectivity index (χ2v) is 5.40. The molecule has 0 aliphatic carbocycles. The normalized spacial score (nSPS) is 29.8. The third-order valence-electron chi connectivity index (χ3n) is 3.16. The van der Waals surface area contributed by atoms with Crippen molar-refractivity contribution in [2.75, 3.05) is 40.8 Å². The molecule has 0 aromatic carbocycles. The molecule has 90 valence electrons. The summed E-state index contributed by atoms with van der Waals surface area (Å²) >= 11 is 0. The van der Waals surface area contributed by atoms with Crippen molar-refractivity contribution in [3.05, 3.63) is 23.7 Å². The van der Waals surface area contributed by atoms with Crippen LogP contribution in [0.2, 0.25) is 0 Å². The van der Waals surface area contributed by atoms with E-state index in [1.54, 1.807) is 0 Å². The van der Waals surface area contributed by atoms with Gasteiger partial charge in [0, 0.05) is 19.2 Å². The average molecular weight is 224 g/mol. The van der Waals surface area contributed by atoms with Gasteiger partial charge in [-0.1, -0.05) is 0 Å².